The molecule has 3 rings (SSSR count). The summed E-state index contributed by atoms with van der Waals surface area (Å²) in [5.41, 5.74) is 0.908. The largest absolute Gasteiger partial charge is 0.505 e. The summed E-state index contributed by atoms with van der Waals surface area (Å²) in [5.74, 6) is -3.46. The minimum Gasteiger partial charge on any atom is -0.505 e. The van der Waals surface area contributed by atoms with Crippen LogP contribution in [0.5, 0.6) is 5.75 Å². The summed E-state index contributed by atoms with van der Waals surface area (Å²) in [4.78, 5) is 25.0. The number of nitrogens with zero attached hydrogens (tertiary/aromatic N) is 1. The molecule has 0 aliphatic rings. The Hall–Kier alpha value is -2.93. The first-order valence-electron chi connectivity index (χ1n) is 8.42. The molecule has 0 saturated carbocycles. The van der Waals surface area contributed by atoms with E-state index in [9.17, 15) is 23.5 Å². The third-order valence-corrected chi connectivity index (χ3v) is 4.71. The van der Waals surface area contributed by atoms with Gasteiger partial charge < -0.3 is 9.84 Å². The van der Waals surface area contributed by atoms with E-state index in [1.165, 1.54) is 16.7 Å². The van der Waals surface area contributed by atoms with Crippen molar-refractivity contribution in [1.82, 2.24) is 4.57 Å². The van der Waals surface area contributed by atoms with Crippen LogP contribution in [0.1, 0.15) is 28.5 Å². The fourth-order valence-electron chi connectivity index (χ4n) is 3.09. The van der Waals surface area contributed by atoms with E-state index < -0.39 is 29.3 Å². The zero-order valence-corrected chi connectivity index (χ0v) is 15.8. The van der Waals surface area contributed by atoms with E-state index in [1.54, 1.807) is 13.8 Å². The molecule has 0 bridgehead atoms. The molecule has 0 atom stereocenters. The molecule has 1 heterocycles. The summed E-state index contributed by atoms with van der Waals surface area (Å²) in [5, 5.41) is 9.94. The van der Waals surface area contributed by atoms with Crippen LogP contribution in [0.4, 0.5) is 8.78 Å². The van der Waals surface area contributed by atoms with E-state index in [0.29, 0.717) is 16.6 Å². The number of halogens is 3. The van der Waals surface area contributed by atoms with Gasteiger partial charge in [-0.15, -0.1) is 0 Å². The molecule has 28 heavy (non-hydrogen) atoms. The molecule has 3 aromatic rings. The van der Waals surface area contributed by atoms with E-state index in [2.05, 4.69) is 0 Å². The number of hydrogen-bond donors (Lipinski definition) is 1. The van der Waals surface area contributed by atoms with Crippen LogP contribution < -0.4 is 0 Å². The van der Waals surface area contributed by atoms with Crippen LogP contribution in [0.3, 0.4) is 0 Å². The maximum absolute atomic E-state index is 14.0. The Morgan fingerprint density at radius 2 is 1.89 bits per heavy atom. The molecule has 5 nitrogen and oxygen atoms in total. The molecule has 8 heteroatoms. The van der Waals surface area contributed by atoms with Crippen molar-refractivity contribution in [3.05, 3.63) is 63.8 Å². The van der Waals surface area contributed by atoms with Crippen molar-refractivity contribution < 1.29 is 28.2 Å². The highest BCUT2D eigenvalue weighted by Crippen LogP contribution is 2.32. The fraction of sp³-hybridized carbons (Fsp3) is 0.200. The van der Waals surface area contributed by atoms with Crippen molar-refractivity contribution in [1.29, 1.82) is 0 Å². The molecule has 1 N–H and O–H groups in total. The molecule has 0 amide bonds. The van der Waals surface area contributed by atoms with Gasteiger partial charge >= 0.3 is 5.97 Å². The number of rotatable bonds is 4. The standard InChI is InChI=1S/C20H16ClF2NO4/c1-3-28-19(26)8-12-10(2)24(17-9-16(23)18(25)7-13(12)17)20(27)11-4-5-14(21)15(22)6-11/h4-7,9,25H,3,8H2,1-2H3. The van der Waals surface area contributed by atoms with E-state index in [1.807, 2.05) is 0 Å². The number of carbonyl (C=O) groups is 2. The third-order valence-electron chi connectivity index (χ3n) is 4.40. The Morgan fingerprint density at radius 1 is 1.18 bits per heavy atom. The minimum absolute atomic E-state index is 0.00179. The second-order valence-corrected chi connectivity index (χ2v) is 6.54. The summed E-state index contributed by atoms with van der Waals surface area (Å²) in [6.45, 7) is 3.42. The van der Waals surface area contributed by atoms with Gasteiger partial charge in [0, 0.05) is 22.7 Å². The number of carbonyl (C=O) groups excluding carboxylic acids is 2. The number of ether oxygens (including phenoxy) is 1. The van der Waals surface area contributed by atoms with Crippen LogP contribution in [0.15, 0.2) is 30.3 Å². The molecular weight excluding hydrogens is 392 g/mol. The quantitative estimate of drug-likeness (QED) is 0.652. The number of aromatic hydroxyl groups is 1. The molecule has 0 radical (unpaired) electrons. The zero-order valence-electron chi connectivity index (χ0n) is 15.1. The number of phenols is 1. The van der Waals surface area contributed by atoms with Crippen LogP contribution in [-0.2, 0) is 16.0 Å². The van der Waals surface area contributed by atoms with Crippen LogP contribution in [0, 0.1) is 18.6 Å². The Labute approximate surface area is 164 Å². The normalized spacial score (nSPS) is 11.0. The molecule has 0 unspecified atom stereocenters. The number of esters is 1. The van der Waals surface area contributed by atoms with Crippen molar-refractivity contribution >= 4 is 34.4 Å². The molecule has 0 saturated heterocycles. The van der Waals surface area contributed by atoms with Gasteiger partial charge in [-0.1, -0.05) is 11.6 Å². The average Bonchev–Trinajstić information content (AvgIpc) is 2.89. The summed E-state index contributed by atoms with van der Waals surface area (Å²) in [6, 6.07) is 5.73. The van der Waals surface area contributed by atoms with Crippen molar-refractivity contribution in [2.45, 2.75) is 20.3 Å². The van der Waals surface area contributed by atoms with Crippen molar-refractivity contribution in [2.24, 2.45) is 0 Å². The maximum Gasteiger partial charge on any atom is 0.310 e. The Morgan fingerprint density at radius 3 is 2.54 bits per heavy atom. The average molecular weight is 408 g/mol. The van der Waals surface area contributed by atoms with E-state index >= 15 is 0 Å². The fourth-order valence-corrected chi connectivity index (χ4v) is 3.21. The summed E-state index contributed by atoms with van der Waals surface area (Å²) >= 11 is 5.67. The SMILES string of the molecule is CCOC(=O)Cc1c(C)n(C(=O)c2ccc(Cl)c(F)c2)c2cc(F)c(O)cc12. The second-order valence-electron chi connectivity index (χ2n) is 6.14. The predicted octanol–water partition coefficient (Wildman–Crippen LogP) is 4.38. The zero-order chi connectivity index (χ0) is 20.6. The lowest BCUT2D eigenvalue weighted by molar-refractivity contribution is -0.142. The van der Waals surface area contributed by atoms with Gasteiger partial charge in [0.2, 0.25) is 0 Å². The van der Waals surface area contributed by atoms with Gasteiger partial charge in [-0.05, 0) is 43.7 Å². The highest BCUT2D eigenvalue weighted by molar-refractivity contribution is 6.30. The molecule has 0 aliphatic carbocycles. The lowest BCUT2D eigenvalue weighted by Crippen LogP contribution is -2.15. The number of phenolic OH excluding ortho intramolecular Hbond substituents is 1. The Kier molecular flexibility index (Phi) is 5.38. The first-order valence-corrected chi connectivity index (χ1v) is 8.80. The third kappa shape index (κ3) is 3.45. The van der Waals surface area contributed by atoms with Gasteiger partial charge in [-0.25, -0.2) is 8.78 Å². The molecular formula is C20H16ClF2NO4. The molecule has 0 fully saturated rings. The topological polar surface area (TPSA) is 68.5 Å². The maximum atomic E-state index is 14.0. The highest BCUT2D eigenvalue weighted by atomic mass is 35.5. The van der Waals surface area contributed by atoms with Crippen molar-refractivity contribution in [3.8, 4) is 5.75 Å². The molecule has 0 aliphatic heterocycles. The van der Waals surface area contributed by atoms with Gasteiger partial charge in [0.05, 0.1) is 23.6 Å². The van der Waals surface area contributed by atoms with E-state index in [4.69, 9.17) is 16.3 Å². The van der Waals surface area contributed by atoms with Gasteiger partial charge in [-0.2, -0.15) is 0 Å². The first-order chi connectivity index (χ1) is 13.2. The van der Waals surface area contributed by atoms with Crippen molar-refractivity contribution in [2.75, 3.05) is 6.61 Å². The number of fused-ring (bicyclic) bond motifs is 1. The van der Waals surface area contributed by atoms with Crippen LogP contribution in [0.25, 0.3) is 10.9 Å². The molecule has 2 aromatic carbocycles. The van der Waals surface area contributed by atoms with Gasteiger partial charge in [-0.3, -0.25) is 14.2 Å². The smallest absolute Gasteiger partial charge is 0.310 e. The first kappa shape index (κ1) is 19.8. The Bertz CT molecular complexity index is 1110. The van der Waals surface area contributed by atoms with Crippen LogP contribution in [0.2, 0.25) is 5.02 Å². The summed E-state index contributed by atoms with van der Waals surface area (Å²) in [7, 11) is 0. The highest BCUT2D eigenvalue weighted by Gasteiger charge is 2.24. The van der Waals surface area contributed by atoms with Gasteiger partial charge in [0.1, 0.15) is 5.82 Å². The molecule has 1 aromatic heterocycles. The van der Waals surface area contributed by atoms with Crippen LogP contribution in [-0.4, -0.2) is 28.2 Å². The van der Waals surface area contributed by atoms with E-state index in [-0.39, 0.29) is 29.1 Å². The molecule has 146 valence electrons. The lowest BCUT2D eigenvalue weighted by atomic mass is 10.1. The summed E-state index contributed by atoms with van der Waals surface area (Å²) in [6.07, 6.45) is -0.170. The number of aromatic nitrogens is 1. The Balaban J connectivity index is 2.22. The van der Waals surface area contributed by atoms with Crippen molar-refractivity contribution in [3.63, 3.8) is 0 Å². The van der Waals surface area contributed by atoms with Gasteiger partial charge in [0.15, 0.2) is 11.6 Å². The number of benzene rings is 2. The summed E-state index contributed by atoms with van der Waals surface area (Å²) < 4.78 is 33.9. The number of hydrogen-bond acceptors (Lipinski definition) is 4. The molecule has 0 spiro atoms. The predicted molar refractivity (Wildman–Crippen MR) is 99.8 cm³/mol. The minimum atomic E-state index is -0.927. The second kappa shape index (κ2) is 7.59. The lowest BCUT2D eigenvalue weighted by Gasteiger charge is -2.08. The van der Waals surface area contributed by atoms with E-state index in [0.717, 1.165) is 18.2 Å². The monoisotopic (exact) mass is 407 g/mol. The van der Waals surface area contributed by atoms with Gasteiger partial charge in [0.25, 0.3) is 5.91 Å². The van der Waals surface area contributed by atoms with Crippen LogP contribution >= 0.6 is 11.6 Å².